The zero-order chi connectivity index (χ0) is 15.2. The average molecular weight is 287 g/mol. The molecular weight excluding hydrogens is 266 g/mol. The Balaban J connectivity index is 2.13. The maximum Gasteiger partial charge on any atom is 0.287 e. The Bertz CT molecular complexity index is 570. The summed E-state index contributed by atoms with van der Waals surface area (Å²) in [6.07, 6.45) is 1.32. The molecule has 0 aliphatic rings. The predicted molar refractivity (Wildman–Crippen MR) is 81.2 cm³/mol. The van der Waals surface area contributed by atoms with Gasteiger partial charge in [0.2, 0.25) is 0 Å². The van der Waals surface area contributed by atoms with Crippen molar-refractivity contribution in [1.82, 2.24) is 5.32 Å². The summed E-state index contributed by atoms with van der Waals surface area (Å²) in [6.45, 7) is 3.86. The number of aliphatic hydroxyl groups excluding tert-OH is 1. The highest BCUT2D eigenvalue weighted by Crippen LogP contribution is 2.20. The lowest BCUT2D eigenvalue weighted by Gasteiger charge is -2.18. The number of carbonyl (C=O) groups is 1. The quantitative estimate of drug-likeness (QED) is 0.858. The SMILES string of the molecule is Cc1cc(C(=O)NC(CCCO)c2ccccc2)oc1C. The average Bonchev–Trinajstić information content (AvgIpc) is 2.84. The minimum absolute atomic E-state index is 0.109. The van der Waals surface area contributed by atoms with Crippen LogP contribution in [0.5, 0.6) is 0 Å². The van der Waals surface area contributed by atoms with Crippen LogP contribution in [0, 0.1) is 13.8 Å². The van der Waals surface area contributed by atoms with E-state index in [0.717, 1.165) is 16.9 Å². The fourth-order valence-electron chi connectivity index (χ4n) is 2.22. The van der Waals surface area contributed by atoms with E-state index in [1.807, 2.05) is 44.2 Å². The van der Waals surface area contributed by atoms with Gasteiger partial charge in [-0.3, -0.25) is 4.79 Å². The Morgan fingerprint density at radius 3 is 2.57 bits per heavy atom. The van der Waals surface area contributed by atoms with Crippen molar-refractivity contribution in [2.24, 2.45) is 0 Å². The largest absolute Gasteiger partial charge is 0.456 e. The van der Waals surface area contributed by atoms with Crippen LogP contribution in [-0.4, -0.2) is 17.6 Å². The van der Waals surface area contributed by atoms with Crippen molar-refractivity contribution in [1.29, 1.82) is 0 Å². The van der Waals surface area contributed by atoms with E-state index in [9.17, 15) is 4.79 Å². The topological polar surface area (TPSA) is 62.5 Å². The van der Waals surface area contributed by atoms with Gasteiger partial charge >= 0.3 is 0 Å². The number of rotatable bonds is 6. The van der Waals surface area contributed by atoms with E-state index in [-0.39, 0.29) is 18.6 Å². The molecule has 0 aliphatic carbocycles. The maximum atomic E-state index is 12.3. The molecule has 0 aliphatic heterocycles. The number of hydrogen-bond donors (Lipinski definition) is 2. The van der Waals surface area contributed by atoms with Crippen molar-refractivity contribution in [3.8, 4) is 0 Å². The number of nitrogens with one attached hydrogen (secondary N) is 1. The molecule has 4 nitrogen and oxygen atoms in total. The normalized spacial score (nSPS) is 12.1. The van der Waals surface area contributed by atoms with Gasteiger partial charge in [0.15, 0.2) is 5.76 Å². The van der Waals surface area contributed by atoms with Crippen LogP contribution in [0.1, 0.15) is 46.3 Å². The Morgan fingerprint density at radius 2 is 2.00 bits per heavy atom. The standard InChI is InChI=1S/C17H21NO3/c1-12-11-16(21-13(12)2)17(20)18-15(9-6-10-19)14-7-4-3-5-8-14/h3-5,7-8,11,15,19H,6,9-10H2,1-2H3,(H,18,20). The molecule has 2 aromatic rings. The van der Waals surface area contributed by atoms with E-state index in [1.165, 1.54) is 0 Å². The summed E-state index contributed by atoms with van der Waals surface area (Å²) in [5.41, 5.74) is 1.99. The molecule has 1 aromatic carbocycles. The molecule has 1 atom stereocenters. The van der Waals surface area contributed by atoms with Crippen molar-refractivity contribution in [3.05, 3.63) is 59.0 Å². The first-order valence-corrected chi connectivity index (χ1v) is 7.15. The molecule has 0 fully saturated rings. The summed E-state index contributed by atoms with van der Waals surface area (Å²) in [5, 5.41) is 12.0. The van der Waals surface area contributed by atoms with Crippen LogP contribution in [0.25, 0.3) is 0 Å². The van der Waals surface area contributed by atoms with Gasteiger partial charge in [-0.25, -0.2) is 0 Å². The lowest BCUT2D eigenvalue weighted by Crippen LogP contribution is -2.28. The molecule has 2 rings (SSSR count). The molecule has 1 aromatic heterocycles. The van der Waals surface area contributed by atoms with Crippen LogP contribution < -0.4 is 5.32 Å². The lowest BCUT2D eigenvalue weighted by atomic mass is 10.0. The molecule has 1 unspecified atom stereocenters. The first kappa shape index (κ1) is 15.3. The highest BCUT2D eigenvalue weighted by Gasteiger charge is 2.18. The molecule has 1 amide bonds. The molecule has 0 saturated carbocycles. The van der Waals surface area contributed by atoms with E-state index in [2.05, 4.69) is 5.32 Å². The van der Waals surface area contributed by atoms with E-state index in [1.54, 1.807) is 6.07 Å². The third-order valence-corrected chi connectivity index (χ3v) is 3.55. The number of amides is 1. The summed E-state index contributed by atoms with van der Waals surface area (Å²) in [6, 6.07) is 11.4. The smallest absolute Gasteiger partial charge is 0.287 e. The predicted octanol–water partition coefficient (Wildman–Crippen LogP) is 3.14. The van der Waals surface area contributed by atoms with E-state index < -0.39 is 0 Å². The highest BCUT2D eigenvalue weighted by atomic mass is 16.3. The third kappa shape index (κ3) is 3.95. The first-order valence-electron chi connectivity index (χ1n) is 7.15. The number of hydrogen-bond acceptors (Lipinski definition) is 3. The Kier molecular flexibility index (Phi) is 5.17. The molecule has 0 saturated heterocycles. The molecule has 4 heteroatoms. The minimum Gasteiger partial charge on any atom is -0.456 e. The first-order chi connectivity index (χ1) is 10.1. The summed E-state index contributed by atoms with van der Waals surface area (Å²) >= 11 is 0. The molecule has 112 valence electrons. The number of aryl methyl sites for hydroxylation is 2. The van der Waals surface area contributed by atoms with E-state index in [4.69, 9.17) is 9.52 Å². The maximum absolute atomic E-state index is 12.3. The monoisotopic (exact) mass is 287 g/mol. The number of benzene rings is 1. The van der Waals surface area contributed by atoms with Crippen LogP contribution >= 0.6 is 0 Å². The van der Waals surface area contributed by atoms with Crippen LogP contribution in [0.4, 0.5) is 0 Å². The van der Waals surface area contributed by atoms with E-state index in [0.29, 0.717) is 18.6 Å². The molecule has 21 heavy (non-hydrogen) atoms. The Labute approximate surface area is 124 Å². The zero-order valence-corrected chi connectivity index (χ0v) is 12.4. The zero-order valence-electron chi connectivity index (χ0n) is 12.4. The summed E-state index contributed by atoms with van der Waals surface area (Å²) in [4.78, 5) is 12.3. The van der Waals surface area contributed by atoms with Crippen LogP contribution in [0.3, 0.4) is 0 Å². The molecule has 0 radical (unpaired) electrons. The minimum atomic E-state index is -0.224. The van der Waals surface area contributed by atoms with Gasteiger partial charge in [-0.05, 0) is 43.9 Å². The second-order valence-corrected chi connectivity index (χ2v) is 5.15. The Hall–Kier alpha value is -2.07. The van der Waals surface area contributed by atoms with Crippen molar-refractivity contribution in [2.45, 2.75) is 32.7 Å². The summed E-state index contributed by atoms with van der Waals surface area (Å²) in [5.74, 6) is 0.861. The fraction of sp³-hybridized carbons (Fsp3) is 0.353. The highest BCUT2D eigenvalue weighted by molar-refractivity contribution is 5.92. The Morgan fingerprint density at radius 1 is 1.29 bits per heavy atom. The second kappa shape index (κ2) is 7.09. The van der Waals surface area contributed by atoms with Gasteiger partial charge < -0.3 is 14.8 Å². The van der Waals surface area contributed by atoms with Gasteiger partial charge in [0.25, 0.3) is 5.91 Å². The van der Waals surface area contributed by atoms with Crippen LogP contribution in [-0.2, 0) is 0 Å². The molecule has 1 heterocycles. The lowest BCUT2D eigenvalue weighted by molar-refractivity contribution is 0.0903. The van der Waals surface area contributed by atoms with Crippen LogP contribution in [0.2, 0.25) is 0 Å². The van der Waals surface area contributed by atoms with Gasteiger partial charge in [0, 0.05) is 6.61 Å². The second-order valence-electron chi connectivity index (χ2n) is 5.15. The molecule has 2 N–H and O–H groups in total. The molecule has 0 spiro atoms. The fourth-order valence-corrected chi connectivity index (χ4v) is 2.22. The van der Waals surface area contributed by atoms with Gasteiger partial charge in [0.05, 0.1) is 6.04 Å². The molecule has 0 bridgehead atoms. The number of furan rings is 1. The van der Waals surface area contributed by atoms with Crippen molar-refractivity contribution >= 4 is 5.91 Å². The number of carbonyl (C=O) groups excluding carboxylic acids is 1. The van der Waals surface area contributed by atoms with Gasteiger partial charge in [0.1, 0.15) is 5.76 Å². The summed E-state index contributed by atoms with van der Waals surface area (Å²) < 4.78 is 5.46. The van der Waals surface area contributed by atoms with Crippen molar-refractivity contribution in [2.75, 3.05) is 6.61 Å². The van der Waals surface area contributed by atoms with Gasteiger partial charge in [-0.2, -0.15) is 0 Å². The number of aliphatic hydroxyl groups is 1. The summed E-state index contributed by atoms with van der Waals surface area (Å²) in [7, 11) is 0. The van der Waals surface area contributed by atoms with Gasteiger partial charge in [-0.1, -0.05) is 30.3 Å². The van der Waals surface area contributed by atoms with Crippen molar-refractivity contribution < 1.29 is 14.3 Å². The molecular formula is C17H21NO3. The van der Waals surface area contributed by atoms with E-state index >= 15 is 0 Å². The van der Waals surface area contributed by atoms with Crippen LogP contribution in [0.15, 0.2) is 40.8 Å². The van der Waals surface area contributed by atoms with Gasteiger partial charge in [-0.15, -0.1) is 0 Å². The third-order valence-electron chi connectivity index (χ3n) is 3.55. The van der Waals surface area contributed by atoms with Crippen molar-refractivity contribution in [3.63, 3.8) is 0 Å².